The second-order valence-corrected chi connectivity index (χ2v) is 13.7. The SMILES string of the molecule is C[C@H]1[C@@H](CN(Cc2ccccc2)Cc2ccccc2)O[C@@H](c2ccc(NS(=O)(=O)c3ccccc3)cc2)O[C@H]1c1ccc(CO)cc1. The van der Waals surface area contributed by atoms with Gasteiger partial charge in [-0.1, -0.05) is 122 Å². The molecule has 0 amide bonds. The molecule has 47 heavy (non-hydrogen) atoms. The maximum absolute atomic E-state index is 12.9. The average molecular weight is 649 g/mol. The van der Waals surface area contributed by atoms with Gasteiger partial charge in [0.2, 0.25) is 0 Å². The summed E-state index contributed by atoms with van der Waals surface area (Å²) in [5.41, 5.74) is 5.55. The van der Waals surface area contributed by atoms with E-state index in [4.69, 9.17) is 9.47 Å². The van der Waals surface area contributed by atoms with Gasteiger partial charge >= 0.3 is 0 Å². The number of nitrogens with one attached hydrogen (secondary N) is 1. The van der Waals surface area contributed by atoms with Gasteiger partial charge in [-0.25, -0.2) is 8.42 Å². The van der Waals surface area contributed by atoms with Crippen molar-refractivity contribution in [2.45, 2.75) is 50.0 Å². The first kappa shape index (κ1) is 32.6. The third kappa shape index (κ3) is 8.35. The summed E-state index contributed by atoms with van der Waals surface area (Å²) in [5.74, 6) is 0.0113. The molecule has 0 aromatic heterocycles. The van der Waals surface area contributed by atoms with Crippen molar-refractivity contribution < 1.29 is 23.0 Å². The maximum Gasteiger partial charge on any atom is 0.261 e. The van der Waals surface area contributed by atoms with Gasteiger partial charge in [-0.3, -0.25) is 9.62 Å². The molecule has 0 saturated carbocycles. The van der Waals surface area contributed by atoms with Crippen LogP contribution < -0.4 is 4.72 Å². The number of nitrogens with zero attached hydrogens (tertiary/aromatic N) is 1. The Bertz CT molecular complexity index is 1760. The van der Waals surface area contributed by atoms with E-state index in [1.54, 1.807) is 42.5 Å². The average Bonchev–Trinajstić information content (AvgIpc) is 3.11. The molecule has 1 fully saturated rings. The fraction of sp³-hybridized carbons (Fsp3) is 0.231. The molecule has 4 atom stereocenters. The molecule has 0 bridgehead atoms. The van der Waals surface area contributed by atoms with Gasteiger partial charge in [0.1, 0.15) is 0 Å². The Balaban J connectivity index is 1.27. The zero-order chi connectivity index (χ0) is 32.6. The molecule has 8 heteroatoms. The Kier molecular flexibility index (Phi) is 10.5. The van der Waals surface area contributed by atoms with E-state index in [2.05, 4.69) is 65.1 Å². The van der Waals surface area contributed by atoms with Crippen molar-refractivity contribution in [2.75, 3.05) is 11.3 Å². The lowest BCUT2D eigenvalue weighted by Crippen LogP contribution is -2.44. The van der Waals surface area contributed by atoms with Crippen LogP contribution in [0.1, 0.15) is 47.1 Å². The van der Waals surface area contributed by atoms with Crippen LogP contribution in [-0.2, 0) is 39.2 Å². The highest BCUT2D eigenvalue weighted by Gasteiger charge is 2.39. The van der Waals surface area contributed by atoms with Crippen LogP contribution in [0.3, 0.4) is 0 Å². The van der Waals surface area contributed by atoms with E-state index in [-0.39, 0.29) is 29.6 Å². The van der Waals surface area contributed by atoms with Crippen molar-refractivity contribution >= 4 is 15.7 Å². The summed E-state index contributed by atoms with van der Waals surface area (Å²) in [6, 6.07) is 44.2. The van der Waals surface area contributed by atoms with Gasteiger partial charge in [-0.2, -0.15) is 0 Å². The van der Waals surface area contributed by atoms with Gasteiger partial charge in [0.25, 0.3) is 10.0 Å². The van der Waals surface area contributed by atoms with Crippen LogP contribution >= 0.6 is 0 Å². The molecule has 2 N–H and O–H groups in total. The van der Waals surface area contributed by atoms with Crippen LogP contribution in [0, 0.1) is 5.92 Å². The van der Waals surface area contributed by atoms with Crippen LogP contribution in [0.5, 0.6) is 0 Å². The largest absolute Gasteiger partial charge is 0.392 e. The number of ether oxygens (including phenoxy) is 2. The Morgan fingerprint density at radius 1 is 0.660 bits per heavy atom. The predicted molar refractivity (Wildman–Crippen MR) is 184 cm³/mol. The lowest BCUT2D eigenvalue weighted by atomic mass is 9.89. The van der Waals surface area contributed by atoms with E-state index >= 15 is 0 Å². The fourth-order valence-electron chi connectivity index (χ4n) is 5.97. The summed E-state index contributed by atoms with van der Waals surface area (Å²) >= 11 is 0. The molecule has 1 heterocycles. The van der Waals surface area contributed by atoms with Crippen LogP contribution in [0.15, 0.2) is 144 Å². The second-order valence-electron chi connectivity index (χ2n) is 12.0. The molecule has 7 nitrogen and oxygen atoms in total. The van der Waals surface area contributed by atoms with E-state index < -0.39 is 16.3 Å². The number of benzene rings is 5. The second kappa shape index (κ2) is 15.1. The lowest BCUT2D eigenvalue weighted by Gasteiger charge is -2.43. The summed E-state index contributed by atoms with van der Waals surface area (Å²) in [6.07, 6.45) is -1.12. The molecule has 1 saturated heterocycles. The molecule has 0 radical (unpaired) electrons. The molecule has 242 valence electrons. The van der Waals surface area contributed by atoms with Crippen molar-refractivity contribution in [2.24, 2.45) is 5.92 Å². The first-order valence-electron chi connectivity index (χ1n) is 15.9. The molecule has 0 aliphatic carbocycles. The van der Waals surface area contributed by atoms with E-state index in [0.717, 1.165) is 29.8 Å². The first-order chi connectivity index (χ1) is 22.9. The molecule has 6 rings (SSSR count). The zero-order valence-corrected chi connectivity index (χ0v) is 27.2. The van der Waals surface area contributed by atoms with Crippen molar-refractivity contribution in [3.05, 3.63) is 167 Å². The number of hydrogen-bond donors (Lipinski definition) is 2. The molecule has 1 aliphatic rings. The molecule has 1 aliphatic heterocycles. The summed E-state index contributed by atoms with van der Waals surface area (Å²) in [6.45, 7) is 4.34. The number of aliphatic hydroxyl groups is 1. The topological polar surface area (TPSA) is 88.1 Å². The molecular formula is C39H40N2O5S. The Morgan fingerprint density at radius 3 is 1.74 bits per heavy atom. The molecule has 5 aromatic rings. The minimum absolute atomic E-state index is 0.0113. The minimum Gasteiger partial charge on any atom is -0.392 e. The minimum atomic E-state index is -3.72. The highest BCUT2D eigenvalue weighted by Crippen LogP contribution is 2.42. The van der Waals surface area contributed by atoms with Crippen LogP contribution in [0.2, 0.25) is 0 Å². The number of hydrogen-bond acceptors (Lipinski definition) is 6. The summed E-state index contributed by atoms with van der Waals surface area (Å²) in [4.78, 5) is 2.62. The monoisotopic (exact) mass is 648 g/mol. The lowest BCUT2D eigenvalue weighted by molar-refractivity contribution is -0.276. The highest BCUT2D eigenvalue weighted by molar-refractivity contribution is 7.92. The van der Waals surface area contributed by atoms with Gasteiger partial charge in [-0.05, 0) is 46.5 Å². The van der Waals surface area contributed by atoms with Gasteiger partial charge in [0, 0.05) is 36.8 Å². The smallest absolute Gasteiger partial charge is 0.261 e. The van der Waals surface area contributed by atoms with Crippen molar-refractivity contribution in [1.82, 2.24) is 4.90 Å². The standard InChI is InChI=1S/C39H40N2O5S/c1-29-37(27-41(25-30-11-5-2-6-12-30)26-31-13-7-3-8-14-31)45-39(46-38(29)33-19-17-32(28-42)18-20-33)34-21-23-35(24-22-34)40-47(43,44)36-15-9-4-10-16-36/h2-24,29,37-40,42H,25-28H2,1H3/t29-,37+,38+,39+/m0/s1. The van der Waals surface area contributed by atoms with E-state index in [9.17, 15) is 13.5 Å². The fourth-order valence-corrected chi connectivity index (χ4v) is 7.05. The summed E-state index contributed by atoms with van der Waals surface area (Å²) in [7, 11) is -3.72. The first-order valence-corrected chi connectivity index (χ1v) is 17.3. The van der Waals surface area contributed by atoms with E-state index in [0.29, 0.717) is 12.2 Å². The molecule has 5 aromatic carbocycles. The predicted octanol–water partition coefficient (Wildman–Crippen LogP) is 7.47. The third-order valence-electron chi connectivity index (χ3n) is 8.55. The van der Waals surface area contributed by atoms with Gasteiger partial charge in [-0.15, -0.1) is 0 Å². The number of aliphatic hydroxyl groups excluding tert-OH is 1. The Morgan fingerprint density at radius 2 is 1.19 bits per heavy atom. The van der Waals surface area contributed by atoms with Gasteiger partial charge < -0.3 is 14.6 Å². The molecule has 0 unspecified atom stereocenters. The number of rotatable bonds is 12. The van der Waals surface area contributed by atoms with E-state index in [1.807, 2.05) is 48.5 Å². The maximum atomic E-state index is 12.9. The summed E-state index contributed by atoms with van der Waals surface area (Å²) < 4.78 is 41.9. The Labute approximate surface area is 277 Å². The third-order valence-corrected chi connectivity index (χ3v) is 9.95. The molecule has 0 spiro atoms. The summed E-state index contributed by atoms with van der Waals surface area (Å²) in [5, 5.41) is 9.62. The Hall–Kier alpha value is -4.31. The van der Waals surface area contributed by atoms with Crippen LogP contribution in [0.25, 0.3) is 0 Å². The van der Waals surface area contributed by atoms with E-state index in [1.165, 1.54) is 11.1 Å². The zero-order valence-electron chi connectivity index (χ0n) is 26.4. The normalized spacial score (nSPS) is 19.8. The van der Waals surface area contributed by atoms with Crippen LogP contribution in [-0.4, -0.2) is 31.1 Å². The van der Waals surface area contributed by atoms with Crippen molar-refractivity contribution in [1.29, 1.82) is 0 Å². The van der Waals surface area contributed by atoms with Gasteiger partial charge in [0.05, 0.1) is 23.7 Å². The van der Waals surface area contributed by atoms with Gasteiger partial charge in [0.15, 0.2) is 6.29 Å². The highest BCUT2D eigenvalue weighted by atomic mass is 32.2. The molecular weight excluding hydrogens is 609 g/mol. The van der Waals surface area contributed by atoms with Crippen molar-refractivity contribution in [3.8, 4) is 0 Å². The van der Waals surface area contributed by atoms with Crippen molar-refractivity contribution in [3.63, 3.8) is 0 Å². The quantitative estimate of drug-likeness (QED) is 0.146. The number of sulfonamides is 1. The van der Waals surface area contributed by atoms with Crippen LogP contribution in [0.4, 0.5) is 5.69 Å². The number of anilines is 1.